The summed E-state index contributed by atoms with van der Waals surface area (Å²) >= 11 is 0. The fourth-order valence-corrected chi connectivity index (χ4v) is 0. The Morgan fingerprint density at radius 2 is 1.08 bits per heavy atom. The van der Waals surface area contributed by atoms with Crippen LogP contribution in [0.15, 0.2) is 0 Å². The van der Waals surface area contributed by atoms with Crippen LogP contribution in [0.2, 0.25) is 0 Å². The van der Waals surface area contributed by atoms with Crippen LogP contribution in [0.25, 0.3) is 0 Å². The van der Waals surface area contributed by atoms with Gasteiger partial charge in [-0.05, 0) is 6.16 Å². The minimum Gasteiger partial charge on any atom is -0.652 e. The summed E-state index contributed by atoms with van der Waals surface area (Å²) in [4.78, 5) is 17.5. The van der Waals surface area contributed by atoms with E-state index in [0.717, 1.165) is 0 Å². The van der Waals surface area contributed by atoms with Gasteiger partial charge in [0.2, 0.25) is 0 Å². The number of carboxylic acid groups (broad SMARTS) is 3. The predicted octanol–water partition coefficient (Wildman–Crippen LogP) is -13.7. The third-order valence-electron chi connectivity index (χ3n) is 0.167. The molecule has 0 bridgehead atoms. The second-order valence-electron chi connectivity index (χ2n) is 0.826. The van der Waals surface area contributed by atoms with Gasteiger partial charge in [0, 0.05) is 6.54 Å². The predicted molar refractivity (Wildman–Crippen MR) is 19.5 cm³/mol. The maximum Gasteiger partial charge on any atom is 1.00 e. The van der Waals surface area contributed by atoms with Crippen LogP contribution < -0.4 is 175 Å². The van der Waals surface area contributed by atoms with E-state index >= 15 is 0 Å². The summed E-state index contributed by atoms with van der Waals surface area (Å²) in [6.45, 7) is -0.389. The van der Waals surface area contributed by atoms with Crippen molar-refractivity contribution in [1.29, 1.82) is 0 Å². The van der Waals surface area contributed by atoms with E-state index in [1.807, 2.05) is 0 Å². The molecule has 0 heterocycles. The largest absolute Gasteiger partial charge is 1.00 e. The Balaban J connectivity index is -0.0000000221. The molecule has 0 rings (SSSR count). The summed E-state index contributed by atoms with van der Waals surface area (Å²) in [5.74, 6) is -1.22. The van der Waals surface area contributed by atoms with Gasteiger partial charge in [-0.2, -0.15) is 0 Å². The summed E-state index contributed by atoms with van der Waals surface area (Å²) in [7, 11) is 0. The quantitative estimate of drug-likeness (QED) is 0.461. The zero-order valence-electron chi connectivity index (χ0n) is 7.33. The van der Waals surface area contributed by atoms with Crippen molar-refractivity contribution in [2.24, 2.45) is 5.73 Å². The van der Waals surface area contributed by atoms with Crippen molar-refractivity contribution in [3.8, 4) is 0 Å². The third kappa shape index (κ3) is 68.8. The van der Waals surface area contributed by atoms with E-state index in [-0.39, 0.29) is 161 Å². The maximum absolute atomic E-state index is 9.13. The van der Waals surface area contributed by atoms with Gasteiger partial charge in [0.25, 0.3) is 0 Å². The first-order chi connectivity index (χ1) is 4.00. The van der Waals surface area contributed by atoms with Crippen LogP contribution in [0, 0.1) is 0 Å². The zero-order valence-corrected chi connectivity index (χ0v) is 16.7. The molecule has 0 aromatic heterocycles. The smallest absolute Gasteiger partial charge is 0.652 e. The fraction of sp³-hybridized carbons (Fsp3) is 0.333. The van der Waals surface area contributed by atoms with E-state index < -0.39 is 12.1 Å². The molecule has 0 saturated carbocycles. The molecule has 0 saturated heterocycles. The molecule has 0 unspecified atom stereocenters. The van der Waals surface area contributed by atoms with Crippen LogP contribution in [0.5, 0.6) is 0 Å². The van der Waals surface area contributed by atoms with Gasteiger partial charge in [-0.1, -0.05) is 0 Å². The van der Waals surface area contributed by atoms with Crippen LogP contribution in [0.3, 0.4) is 0 Å². The Labute approximate surface area is 197 Å². The van der Waals surface area contributed by atoms with Gasteiger partial charge in [-0.3, -0.25) is 0 Å². The van der Waals surface area contributed by atoms with Crippen molar-refractivity contribution in [2.75, 3.05) is 6.54 Å². The van der Waals surface area contributed by atoms with Gasteiger partial charge >= 0.3 is 154 Å². The van der Waals surface area contributed by atoms with E-state index in [0.29, 0.717) is 0 Å². The van der Waals surface area contributed by atoms with E-state index in [1.54, 1.807) is 0 Å². The molecule has 0 radical (unpaired) electrons. The average molecular weight is 251 g/mol. The van der Waals surface area contributed by atoms with Gasteiger partial charge in [-0.15, -0.1) is 0 Å². The molecule has 0 atom stereocenters. The standard InChI is InChI=1S/C2H5NO2.CH2O3.3K/c3-1-2(4)5;2-1(3)4;;;/h1,3H2,(H,4,5);(H2,2,3,4);;;/q;;3*+1/p-3. The van der Waals surface area contributed by atoms with Crippen molar-refractivity contribution >= 4 is 12.1 Å². The van der Waals surface area contributed by atoms with Crippen LogP contribution in [-0.2, 0) is 4.79 Å². The Bertz CT molecular complexity index is 106. The number of carbonyl (C=O) groups excluding carboxylic acids is 2. The monoisotopic (exact) mass is 251 g/mol. The van der Waals surface area contributed by atoms with Crippen molar-refractivity contribution in [3.05, 3.63) is 0 Å². The molecule has 6 nitrogen and oxygen atoms in total. The van der Waals surface area contributed by atoms with E-state index in [4.69, 9.17) is 24.9 Å². The Kier molecular flexibility index (Phi) is 59.3. The fourth-order valence-electron chi connectivity index (χ4n) is 0. The molecule has 54 valence electrons. The topological polar surface area (TPSA) is 129 Å². The van der Waals surface area contributed by atoms with Crippen LogP contribution in [0.4, 0.5) is 4.79 Å². The number of carboxylic acids is 1. The second-order valence-corrected chi connectivity index (χ2v) is 0.826. The van der Waals surface area contributed by atoms with Gasteiger partial charge in [0.05, 0.1) is 5.97 Å². The van der Waals surface area contributed by atoms with Crippen LogP contribution in [0.1, 0.15) is 0 Å². The van der Waals surface area contributed by atoms with Crippen molar-refractivity contribution in [1.82, 2.24) is 0 Å². The first-order valence-corrected chi connectivity index (χ1v) is 1.78. The summed E-state index contributed by atoms with van der Waals surface area (Å²) in [5, 5.41) is 25.8. The van der Waals surface area contributed by atoms with Crippen molar-refractivity contribution in [3.63, 3.8) is 0 Å². The molecular weight excluding hydrogens is 247 g/mol. The molecule has 0 aliphatic heterocycles. The second kappa shape index (κ2) is 24.0. The summed E-state index contributed by atoms with van der Waals surface area (Å²) in [5.41, 5.74) is 4.51. The number of rotatable bonds is 1. The molecular formula is C3H4K3NO5. The molecule has 0 fully saturated rings. The van der Waals surface area contributed by atoms with Gasteiger partial charge < -0.3 is 30.6 Å². The molecule has 0 aromatic carbocycles. The van der Waals surface area contributed by atoms with E-state index in [2.05, 4.69) is 5.73 Å². The Morgan fingerprint density at radius 3 is 1.08 bits per heavy atom. The average Bonchev–Trinajstić information content (AvgIpc) is 1.65. The SMILES string of the molecule is NCC(=O)[O-].O=C([O-])[O-].[K+].[K+].[K+]. The molecule has 0 aliphatic carbocycles. The van der Waals surface area contributed by atoms with Crippen LogP contribution >= 0.6 is 0 Å². The van der Waals surface area contributed by atoms with Crippen molar-refractivity contribution < 1.29 is 179 Å². The molecule has 0 spiro atoms. The Morgan fingerprint density at radius 1 is 1.00 bits per heavy atom. The number of aliphatic carboxylic acids is 1. The maximum atomic E-state index is 9.13. The van der Waals surface area contributed by atoms with Crippen molar-refractivity contribution in [2.45, 2.75) is 0 Å². The molecule has 12 heavy (non-hydrogen) atoms. The van der Waals surface area contributed by atoms with E-state index in [9.17, 15) is 0 Å². The molecule has 9 heteroatoms. The summed E-state index contributed by atoms with van der Waals surface area (Å²) in [6, 6.07) is 0. The van der Waals surface area contributed by atoms with E-state index in [1.165, 1.54) is 0 Å². The molecule has 0 aliphatic rings. The molecule has 0 aromatic rings. The third-order valence-corrected chi connectivity index (χ3v) is 0.167. The minimum atomic E-state index is -2.33. The molecule has 0 amide bonds. The van der Waals surface area contributed by atoms with Crippen LogP contribution in [-0.4, -0.2) is 18.7 Å². The Hall–Kier alpha value is 3.61. The first-order valence-electron chi connectivity index (χ1n) is 1.78. The minimum absolute atomic E-state index is 0. The number of nitrogens with two attached hydrogens (primary N) is 1. The summed E-state index contributed by atoms with van der Waals surface area (Å²) < 4.78 is 0. The number of hydrogen-bond acceptors (Lipinski definition) is 6. The first kappa shape index (κ1) is 29.6. The van der Waals surface area contributed by atoms with Gasteiger partial charge in [0.1, 0.15) is 0 Å². The number of carbonyl (C=O) groups is 2. The summed E-state index contributed by atoms with van der Waals surface area (Å²) in [6.07, 6.45) is -2.33. The van der Waals surface area contributed by atoms with Gasteiger partial charge in [-0.25, -0.2) is 0 Å². The van der Waals surface area contributed by atoms with Gasteiger partial charge in [0.15, 0.2) is 0 Å². The normalized spacial score (nSPS) is 5.08. The number of hydrogen-bond donors (Lipinski definition) is 1. The molecule has 2 N–H and O–H groups in total. The zero-order chi connectivity index (χ0) is 7.86.